The molecule has 4 nitrogen and oxygen atoms in total. The van der Waals surface area contributed by atoms with Gasteiger partial charge in [0.2, 0.25) is 5.91 Å². The number of nitrogens with one attached hydrogen (secondary N) is 1. The summed E-state index contributed by atoms with van der Waals surface area (Å²) in [4.78, 5) is 20.7. The third-order valence-electron chi connectivity index (χ3n) is 2.97. The molecule has 23 heavy (non-hydrogen) atoms. The molecule has 1 aromatic carbocycles. The molecular formula is C15H11Cl2N3OS2. The van der Waals surface area contributed by atoms with Gasteiger partial charge in [0.25, 0.3) is 0 Å². The molecule has 2 aromatic heterocycles. The summed E-state index contributed by atoms with van der Waals surface area (Å²) >= 11 is 14.9. The van der Waals surface area contributed by atoms with Gasteiger partial charge >= 0.3 is 0 Å². The van der Waals surface area contributed by atoms with Crippen molar-refractivity contribution in [3.05, 3.63) is 49.7 Å². The molecule has 0 unspecified atom stereocenters. The fraction of sp³-hybridized carbons (Fsp3) is 0.133. The van der Waals surface area contributed by atoms with E-state index >= 15 is 0 Å². The number of hydrogen-bond acceptors (Lipinski definition) is 5. The fourth-order valence-corrected chi connectivity index (χ4v) is 3.81. The molecule has 3 rings (SSSR count). The number of benzene rings is 1. The number of amides is 1. The van der Waals surface area contributed by atoms with Gasteiger partial charge in [0, 0.05) is 21.3 Å². The van der Waals surface area contributed by atoms with Gasteiger partial charge in [-0.2, -0.15) is 0 Å². The number of nitrogens with zero attached hydrogens (tertiary/aromatic N) is 2. The molecular weight excluding hydrogens is 373 g/mol. The van der Waals surface area contributed by atoms with Gasteiger partial charge < -0.3 is 5.32 Å². The molecule has 0 aliphatic heterocycles. The van der Waals surface area contributed by atoms with E-state index in [2.05, 4.69) is 15.3 Å². The second-order valence-corrected chi connectivity index (χ2v) is 7.51. The van der Waals surface area contributed by atoms with Crippen LogP contribution in [0.1, 0.15) is 10.7 Å². The molecule has 3 aromatic rings. The smallest absolute Gasteiger partial charge is 0.232 e. The maximum Gasteiger partial charge on any atom is 0.232 e. The highest BCUT2D eigenvalue weighted by Gasteiger charge is 2.12. The van der Waals surface area contributed by atoms with Crippen molar-refractivity contribution in [2.45, 2.75) is 13.3 Å². The largest absolute Gasteiger partial charge is 0.302 e. The Morgan fingerprint density at radius 3 is 2.74 bits per heavy atom. The van der Waals surface area contributed by atoms with Gasteiger partial charge in [0.05, 0.1) is 27.8 Å². The predicted octanol–water partition coefficient (Wildman–Crippen LogP) is 5.06. The molecule has 0 radical (unpaired) electrons. The van der Waals surface area contributed by atoms with Crippen LogP contribution >= 0.6 is 45.9 Å². The van der Waals surface area contributed by atoms with Crippen LogP contribution in [0.5, 0.6) is 0 Å². The van der Waals surface area contributed by atoms with Crippen molar-refractivity contribution in [2.24, 2.45) is 0 Å². The van der Waals surface area contributed by atoms with Gasteiger partial charge in [-0.15, -0.1) is 22.7 Å². The Balaban J connectivity index is 1.70. The maximum atomic E-state index is 12.0. The van der Waals surface area contributed by atoms with Crippen LogP contribution in [-0.4, -0.2) is 15.9 Å². The van der Waals surface area contributed by atoms with Gasteiger partial charge in [0.1, 0.15) is 0 Å². The second kappa shape index (κ2) is 6.97. The molecule has 0 aliphatic carbocycles. The summed E-state index contributed by atoms with van der Waals surface area (Å²) in [6.07, 6.45) is 0.237. The van der Waals surface area contributed by atoms with Crippen molar-refractivity contribution >= 4 is 56.9 Å². The minimum atomic E-state index is -0.140. The van der Waals surface area contributed by atoms with Crippen molar-refractivity contribution in [3.8, 4) is 11.3 Å². The zero-order valence-corrected chi connectivity index (χ0v) is 15.1. The van der Waals surface area contributed by atoms with Crippen molar-refractivity contribution < 1.29 is 4.79 Å². The average molecular weight is 384 g/mol. The number of halogens is 2. The number of thiazole rings is 2. The van der Waals surface area contributed by atoms with E-state index in [-0.39, 0.29) is 12.3 Å². The van der Waals surface area contributed by atoms with Gasteiger partial charge in [-0.3, -0.25) is 4.79 Å². The Morgan fingerprint density at radius 1 is 1.22 bits per heavy atom. The Morgan fingerprint density at radius 2 is 2.04 bits per heavy atom. The molecule has 0 spiro atoms. The van der Waals surface area contributed by atoms with Crippen molar-refractivity contribution in [2.75, 3.05) is 5.32 Å². The SMILES string of the molecule is Cc1nc(CC(=O)Nc2nc(-c3ccc(Cl)cc3Cl)cs2)cs1. The van der Waals surface area contributed by atoms with E-state index in [1.54, 1.807) is 12.1 Å². The third-order valence-corrected chi connectivity index (χ3v) is 5.09. The zero-order valence-electron chi connectivity index (χ0n) is 12.0. The van der Waals surface area contributed by atoms with E-state index < -0.39 is 0 Å². The van der Waals surface area contributed by atoms with E-state index in [9.17, 15) is 4.79 Å². The number of rotatable bonds is 4. The monoisotopic (exact) mass is 383 g/mol. The van der Waals surface area contributed by atoms with Crippen LogP contribution < -0.4 is 5.32 Å². The molecule has 0 bridgehead atoms. The average Bonchev–Trinajstić information content (AvgIpc) is 3.08. The number of hydrogen-bond donors (Lipinski definition) is 1. The Hall–Kier alpha value is -1.47. The molecule has 2 heterocycles. The molecule has 1 N–H and O–H groups in total. The van der Waals surface area contributed by atoms with Crippen LogP contribution in [0.25, 0.3) is 11.3 Å². The Labute approximate surface area is 151 Å². The van der Waals surface area contributed by atoms with Gasteiger partial charge in [-0.05, 0) is 25.1 Å². The van der Waals surface area contributed by atoms with Gasteiger partial charge in [0.15, 0.2) is 5.13 Å². The number of aryl methyl sites for hydroxylation is 1. The molecule has 0 saturated carbocycles. The van der Waals surface area contributed by atoms with Crippen LogP contribution in [0.3, 0.4) is 0 Å². The molecule has 0 aliphatic rings. The number of carbonyl (C=O) groups is 1. The normalized spacial score (nSPS) is 10.7. The highest BCUT2D eigenvalue weighted by Crippen LogP contribution is 2.32. The summed E-state index contributed by atoms with van der Waals surface area (Å²) in [6.45, 7) is 1.91. The highest BCUT2D eigenvalue weighted by molar-refractivity contribution is 7.14. The fourth-order valence-electron chi connectivity index (χ4n) is 1.97. The summed E-state index contributed by atoms with van der Waals surface area (Å²) in [5.41, 5.74) is 2.25. The van der Waals surface area contributed by atoms with Gasteiger partial charge in [-0.25, -0.2) is 9.97 Å². The summed E-state index contributed by atoms with van der Waals surface area (Å²) in [5, 5.41) is 9.09. The second-order valence-electron chi connectivity index (χ2n) is 4.74. The molecule has 118 valence electrons. The minimum Gasteiger partial charge on any atom is -0.302 e. The third kappa shape index (κ3) is 4.09. The van der Waals surface area contributed by atoms with E-state index in [1.165, 1.54) is 22.7 Å². The maximum absolute atomic E-state index is 12.0. The first kappa shape index (κ1) is 16.4. The lowest BCUT2D eigenvalue weighted by Crippen LogP contribution is -2.14. The molecule has 0 saturated heterocycles. The zero-order chi connectivity index (χ0) is 16.4. The predicted molar refractivity (Wildman–Crippen MR) is 96.8 cm³/mol. The topological polar surface area (TPSA) is 54.9 Å². The van der Waals surface area contributed by atoms with Gasteiger partial charge in [-0.1, -0.05) is 23.2 Å². The van der Waals surface area contributed by atoms with E-state index in [4.69, 9.17) is 23.2 Å². The Bertz CT molecular complexity index is 860. The number of aromatic nitrogens is 2. The van der Waals surface area contributed by atoms with Crippen molar-refractivity contribution in [3.63, 3.8) is 0 Å². The van der Waals surface area contributed by atoms with Crippen LogP contribution in [0.15, 0.2) is 29.0 Å². The van der Waals surface area contributed by atoms with E-state index in [1.807, 2.05) is 23.8 Å². The molecule has 0 atom stereocenters. The van der Waals surface area contributed by atoms with Crippen LogP contribution in [0, 0.1) is 6.92 Å². The summed E-state index contributed by atoms with van der Waals surface area (Å²) in [5.74, 6) is -0.140. The first-order valence-electron chi connectivity index (χ1n) is 6.63. The lowest BCUT2D eigenvalue weighted by Gasteiger charge is -2.01. The number of anilines is 1. The summed E-state index contributed by atoms with van der Waals surface area (Å²) in [6, 6.07) is 5.23. The van der Waals surface area contributed by atoms with Crippen molar-refractivity contribution in [1.82, 2.24) is 9.97 Å². The standard InChI is InChI=1S/C15H11Cl2N3OS2/c1-8-18-10(6-22-8)5-14(21)20-15-19-13(7-23-15)11-3-2-9(16)4-12(11)17/h2-4,6-7H,5H2,1H3,(H,19,20,21). The molecule has 0 fully saturated rings. The number of carbonyl (C=O) groups excluding carboxylic acids is 1. The lowest BCUT2D eigenvalue weighted by atomic mass is 10.2. The quantitative estimate of drug-likeness (QED) is 0.684. The summed E-state index contributed by atoms with van der Waals surface area (Å²) in [7, 11) is 0. The van der Waals surface area contributed by atoms with Crippen LogP contribution in [-0.2, 0) is 11.2 Å². The minimum absolute atomic E-state index is 0.140. The lowest BCUT2D eigenvalue weighted by molar-refractivity contribution is -0.115. The Kier molecular flexibility index (Phi) is 4.96. The highest BCUT2D eigenvalue weighted by atomic mass is 35.5. The molecule has 8 heteroatoms. The van der Waals surface area contributed by atoms with E-state index in [0.717, 1.165) is 16.3 Å². The first-order valence-corrected chi connectivity index (χ1v) is 9.14. The first-order chi connectivity index (χ1) is 11.0. The molecule has 1 amide bonds. The summed E-state index contributed by atoms with van der Waals surface area (Å²) < 4.78 is 0. The van der Waals surface area contributed by atoms with Crippen LogP contribution in [0.4, 0.5) is 5.13 Å². The van der Waals surface area contributed by atoms with E-state index in [0.29, 0.717) is 20.9 Å². The van der Waals surface area contributed by atoms with Crippen LogP contribution in [0.2, 0.25) is 10.0 Å². The van der Waals surface area contributed by atoms with Crippen molar-refractivity contribution in [1.29, 1.82) is 0 Å².